The van der Waals surface area contributed by atoms with Gasteiger partial charge >= 0.3 is 6.03 Å². The summed E-state index contributed by atoms with van der Waals surface area (Å²) in [5, 5.41) is 0. The van der Waals surface area contributed by atoms with Crippen LogP contribution in [0.25, 0.3) is 0 Å². The summed E-state index contributed by atoms with van der Waals surface area (Å²) in [4.78, 5) is 37.8. The second-order valence-electron chi connectivity index (χ2n) is 7.60. The number of aliphatic imine (C=N–C) groups is 1. The molecule has 2 atom stereocenters. The van der Waals surface area contributed by atoms with Crippen LogP contribution in [0.5, 0.6) is 0 Å². The van der Waals surface area contributed by atoms with E-state index in [0.29, 0.717) is 6.54 Å². The molecule has 0 saturated carbocycles. The Kier molecular flexibility index (Phi) is 4.61. The van der Waals surface area contributed by atoms with Crippen molar-refractivity contribution in [2.75, 3.05) is 20.1 Å². The molecule has 7 nitrogen and oxygen atoms in total. The SMILES string of the molecule is CCCN1C(=O)C2C(N=C3N(CCc4ccccc4)C(C)=C(C)N32)N(C)C1=O. The van der Waals surface area contributed by atoms with E-state index in [9.17, 15) is 9.59 Å². The summed E-state index contributed by atoms with van der Waals surface area (Å²) in [7, 11) is 1.74. The molecule has 1 saturated heterocycles. The topological polar surface area (TPSA) is 59.5 Å². The molecule has 0 radical (unpaired) electrons. The van der Waals surface area contributed by atoms with Gasteiger partial charge in [-0.05, 0) is 32.3 Å². The Labute approximate surface area is 165 Å². The summed E-state index contributed by atoms with van der Waals surface area (Å²) in [6.07, 6.45) is 1.16. The van der Waals surface area contributed by atoms with Gasteiger partial charge in [0.1, 0.15) is 0 Å². The van der Waals surface area contributed by atoms with Gasteiger partial charge in [-0.15, -0.1) is 0 Å². The number of hydrogen-bond acceptors (Lipinski definition) is 5. The highest BCUT2D eigenvalue weighted by atomic mass is 16.2. The molecule has 4 rings (SSSR count). The number of rotatable bonds is 5. The molecule has 0 aromatic heterocycles. The Morgan fingerprint density at radius 2 is 1.71 bits per heavy atom. The van der Waals surface area contributed by atoms with Gasteiger partial charge in [0.2, 0.25) is 5.96 Å². The lowest BCUT2D eigenvalue weighted by Gasteiger charge is -2.40. The van der Waals surface area contributed by atoms with Gasteiger partial charge in [-0.1, -0.05) is 37.3 Å². The number of benzene rings is 1. The van der Waals surface area contributed by atoms with Crippen LogP contribution in [0, 0.1) is 0 Å². The van der Waals surface area contributed by atoms with Crippen molar-refractivity contribution in [3.63, 3.8) is 0 Å². The molecule has 0 aliphatic carbocycles. The van der Waals surface area contributed by atoms with Crippen molar-refractivity contribution >= 4 is 17.9 Å². The van der Waals surface area contributed by atoms with Gasteiger partial charge < -0.3 is 9.80 Å². The van der Waals surface area contributed by atoms with E-state index in [2.05, 4.69) is 24.0 Å². The van der Waals surface area contributed by atoms with E-state index in [1.54, 1.807) is 11.9 Å². The molecule has 3 aliphatic rings. The normalized spacial score (nSPS) is 24.2. The smallest absolute Gasteiger partial charge is 0.314 e. The van der Waals surface area contributed by atoms with Crippen molar-refractivity contribution in [2.24, 2.45) is 4.99 Å². The molecule has 148 valence electrons. The number of guanidine groups is 1. The Morgan fingerprint density at radius 3 is 2.39 bits per heavy atom. The lowest BCUT2D eigenvalue weighted by molar-refractivity contribution is -0.136. The molecule has 2 unspecified atom stereocenters. The van der Waals surface area contributed by atoms with Gasteiger partial charge in [0, 0.05) is 31.5 Å². The summed E-state index contributed by atoms with van der Waals surface area (Å²) in [5.74, 6) is 0.637. The molecule has 0 bridgehead atoms. The van der Waals surface area contributed by atoms with Crippen LogP contribution in [0.2, 0.25) is 0 Å². The monoisotopic (exact) mass is 381 g/mol. The summed E-state index contributed by atoms with van der Waals surface area (Å²) < 4.78 is 0. The number of fused-ring (bicyclic) bond motifs is 3. The average Bonchev–Trinajstić information content (AvgIpc) is 3.19. The van der Waals surface area contributed by atoms with Crippen LogP contribution < -0.4 is 0 Å². The van der Waals surface area contributed by atoms with Crippen LogP contribution in [-0.2, 0) is 11.2 Å². The fraction of sp³-hybridized carbons (Fsp3) is 0.476. The minimum atomic E-state index is -0.471. The number of nitrogens with zero attached hydrogens (tertiary/aromatic N) is 5. The maximum absolute atomic E-state index is 13.2. The summed E-state index contributed by atoms with van der Waals surface area (Å²) in [5.41, 5.74) is 3.41. The number of carbonyl (C=O) groups excluding carboxylic acids is 2. The maximum atomic E-state index is 13.2. The Bertz CT molecular complexity index is 863. The third kappa shape index (κ3) is 2.68. The molecule has 3 aliphatic heterocycles. The van der Waals surface area contributed by atoms with E-state index < -0.39 is 12.2 Å². The van der Waals surface area contributed by atoms with Gasteiger partial charge in [-0.3, -0.25) is 14.6 Å². The quantitative estimate of drug-likeness (QED) is 0.786. The van der Waals surface area contributed by atoms with Crippen molar-refractivity contribution in [1.82, 2.24) is 19.6 Å². The minimum absolute atomic E-state index is 0.147. The third-order valence-electron chi connectivity index (χ3n) is 5.92. The molecule has 3 amide bonds. The molecule has 28 heavy (non-hydrogen) atoms. The Balaban J connectivity index is 1.62. The first-order valence-electron chi connectivity index (χ1n) is 9.89. The van der Waals surface area contributed by atoms with Crippen molar-refractivity contribution in [3.8, 4) is 0 Å². The first-order chi connectivity index (χ1) is 13.5. The van der Waals surface area contributed by atoms with Crippen LogP contribution in [0.1, 0.15) is 32.8 Å². The Hall–Kier alpha value is -2.83. The molecule has 0 N–H and O–H groups in total. The second-order valence-corrected chi connectivity index (χ2v) is 7.60. The van der Waals surface area contributed by atoms with Crippen LogP contribution in [0.3, 0.4) is 0 Å². The number of urea groups is 1. The molecule has 1 aromatic rings. The molecular weight excluding hydrogens is 354 g/mol. The van der Waals surface area contributed by atoms with Gasteiger partial charge in [-0.2, -0.15) is 0 Å². The van der Waals surface area contributed by atoms with Crippen LogP contribution in [0.15, 0.2) is 46.7 Å². The van der Waals surface area contributed by atoms with Gasteiger partial charge in [0.25, 0.3) is 5.91 Å². The number of carbonyl (C=O) groups is 2. The number of imide groups is 1. The zero-order chi connectivity index (χ0) is 20.0. The second kappa shape index (κ2) is 6.96. The van der Waals surface area contributed by atoms with E-state index >= 15 is 0 Å². The van der Waals surface area contributed by atoms with E-state index in [0.717, 1.165) is 36.7 Å². The van der Waals surface area contributed by atoms with Crippen molar-refractivity contribution < 1.29 is 9.59 Å². The predicted molar refractivity (Wildman–Crippen MR) is 107 cm³/mol. The van der Waals surface area contributed by atoms with Crippen molar-refractivity contribution in [1.29, 1.82) is 0 Å². The van der Waals surface area contributed by atoms with Crippen LogP contribution in [0.4, 0.5) is 4.79 Å². The van der Waals surface area contributed by atoms with Crippen molar-refractivity contribution in [2.45, 2.75) is 45.8 Å². The molecule has 0 spiro atoms. The fourth-order valence-electron chi connectivity index (χ4n) is 4.26. The van der Waals surface area contributed by atoms with Gasteiger partial charge in [-0.25, -0.2) is 9.79 Å². The zero-order valence-electron chi connectivity index (χ0n) is 16.9. The maximum Gasteiger partial charge on any atom is 0.328 e. The molecule has 1 fully saturated rings. The molecule has 3 heterocycles. The third-order valence-corrected chi connectivity index (χ3v) is 5.92. The highest BCUT2D eigenvalue weighted by Crippen LogP contribution is 2.37. The first-order valence-corrected chi connectivity index (χ1v) is 9.89. The Morgan fingerprint density at radius 1 is 1.00 bits per heavy atom. The van der Waals surface area contributed by atoms with Crippen LogP contribution >= 0.6 is 0 Å². The lowest BCUT2D eigenvalue weighted by atomic mass is 10.1. The van der Waals surface area contributed by atoms with Crippen LogP contribution in [-0.4, -0.2) is 69.8 Å². The number of allylic oxidation sites excluding steroid dienone is 2. The van der Waals surface area contributed by atoms with E-state index in [-0.39, 0.29) is 11.9 Å². The van der Waals surface area contributed by atoms with E-state index in [1.807, 2.05) is 36.9 Å². The summed E-state index contributed by atoms with van der Waals surface area (Å²) in [6.45, 7) is 7.30. The predicted octanol–water partition coefficient (Wildman–Crippen LogP) is 2.47. The average molecular weight is 381 g/mol. The number of hydrogen-bond donors (Lipinski definition) is 0. The summed E-state index contributed by atoms with van der Waals surface area (Å²) >= 11 is 0. The summed E-state index contributed by atoms with van der Waals surface area (Å²) in [6, 6.07) is 9.62. The molecular formula is C21H27N5O2. The highest BCUT2D eigenvalue weighted by molar-refractivity contribution is 6.05. The number of likely N-dealkylation sites (N-methyl/N-ethyl adjacent to an activating group) is 1. The van der Waals surface area contributed by atoms with Gasteiger partial charge in [0.05, 0.1) is 0 Å². The van der Waals surface area contributed by atoms with Crippen molar-refractivity contribution in [3.05, 3.63) is 47.3 Å². The first kappa shape index (κ1) is 18.5. The fourth-order valence-corrected chi connectivity index (χ4v) is 4.26. The standard InChI is InChI=1S/C21H27N5O2/c1-5-12-25-19(27)17-18(23(4)21(25)28)22-20-24(14(2)15(3)26(17)20)13-11-16-9-7-6-8-10-16/h6-10,17-18H,5,11-13H2,1-4H3. The minimum Gasteiger partial charge on any atom is -0.314 e. The zero-order valence-corrected chi connectivity index (χ0v) is 16.9. The molecule has 7 heteroatoms. The lowest BCUT2D eigenvalue weighted by Crippen LogP contribution is -2.64. The highest BCUT2D eigenvalue weighted by Gasteiger charge is 2.55. The largest absolute Gasteiger partial charge is 0.328 e. The molecule has 1 aromatic carbocycles. The number of amides is 3. The van der Waals surface area contributed by atoms with Gasteiger partial charge in [0.15, 0.2) is 12.2 Å². The van der Waals surface area contributed by atoms with E-state index in [4.69, 9.17) is 4.99 Å². The van der Waals surface area contributed by atoms with E-state index in [1.165, 1.54) is 10.5 Å².